The summed E-state index contributed by atoms with van der Waals surface area (Å²) in [5.74, 6) is -0.869. The molecule has 0 saturated carbocycles. The van der Waals surface area contributed by atoms with Crippen LogP contribution in [0.25, 0.3) is 22.4 Å². The highest BCUT2D eigenvalue weighted by atomic mass is 16.2. The summed E-state index contributed by atoms with van der Waals surface area (Å²) < 4.78 is 1.82. The fraction of sp³-hybridized carbons (Fsp3) is 0.261. The van der Waals surface area contributed by atoms with Gasteiger partial charge in [0.1, 0.15) is 6.04 Å². The van der Waals surface area contributed by atoms with E-state index in [-0.39, 0.29) is 18.2 Å². The Bertz CT molecular complexity index is 1250. The zero-order valence-corrected chi connectivity index (χ0v) is 17.3. The smallest absolute Gasteiger partial charge is 0.255 e. The van der Waals surface area contributed by atoms with Crippen molar-refractivity contribution in [3.05, 3.63) is 59.5 Å². The summed E-state index contributed by atoms with van der Waals surface area (Å²) >= 11 is 0. The predicted molar refractivity (Wildman–Crippen MR) is 113 cm³/mol. The van der Waals surface area contributed by atoms with Gasteiger partial charge < -0.3 is 4.90 Å². The molecule has 1 fully saturated rings. The second-order valence-electron chi connectivity index (χ2n) is 8.05. The Balaban J connectivity index is 1.50. The lowest BCUT2D eigenvalue weighted by Crippen LogP contribution is -2.52. The number of amides is 3. The summed E-state index contributed by atoms with van der Waals surface area (Å²) in [6.45, 7) is 2.34. The lowest BCUT2D eigenvalue weighted by atomic mass is 9.98. The van der Waals surface area contributed by atoms with Gasteiger partial charge in [0.25, 0.3) is 5.91 Å². The van der Waals surface area contributed by atoms with Crippen molar-refractivity contribution in [2.24, 2.45) is 7.05 Å². The highest BCUT2D eigenvalue weighted by Crippen LogP contribution is 2.35. The monoisotopic (exact) mass is 415 g/mol. The van der Waals surface area contributed by atoms with Gasteiger partial charge in [0.15, 0.2) is 0 Å². The van der Waals surface area contributed by atoms with Gasteiger partial charge in [-0.15, -0.1) is 0 Å². The van der Waals surface area contributed by atoms with Crippen molar-refractivity contribution < 1.29 is 14.4 Å². The molecule has 31 heavy (non-hydrogen) atoms. The number of carbonyl (C=O) groups is 3. The highest BCUT2D eigenvalue weighted by molar-refractivity contribution is 6.05. The molecule has 156 valence electrons. The van der Waals surface area contributed by atoms with Crippen LogP contribution in [0.3, 0.4) is 0 Å². The average molecular weight is 415 g/mol. The van der Waals surface area contributed by atoms with Gasteiger partial charge in [-0.1, -0.05) is 6.07 Å². The maximum absolute atomic E-state index is 12.9. The Morgan fingerprint density at radius 3 is 2.65 bits per heavy atom. The third kappa shape index (κ3) is 3.20. The van der Waals surface area contributed by atoms with Crippen molar-refractivity contribution in [1.82, 2.24) is 25.0 Å². The molecule has 0 bridgehead atoms. The van der Waals surface area contributed by atoms with Crippen LogP contribution in [-0.4, -0.2) is 43.4 Å². The van der Waals surface area contributed by atoms with Gasteiger partial charge in [-0.05, 0) is 48.2 Å². The number of hydrogen-bond acceptors (Lipinski definition) is 5. The maximum Gasteiger partial charge on any atom is 0.255 e. The number of pyridine rings is 1. The standard InChI is InChI=1S/C23H21N5O3/c1-13-7-15(10-24-9-13)21-18(11-25-27(21)2)14-3-4-17-16(8-14)12-28(23(17)31)19-5-6-20(29)26-22(19)30/h3-4,7-11,19H,5-6,12H2,1-2H3,(H,26,29,30). The second kappa shape index (κ2) is 7.16. The molecule has 1 saturated heterocycles. The van der Waals surface area contributed by atoms with Crippen molar-refractivity contribution in [3.8, 4) is 22.4 Å². The molecule has 8 heteroatoms. The number of aryl methyl sites for hydroxylation is 2. The van der Waals surface area contributed by atoms with Gasteiger partial charge in [-0.3, -0.25) is 29.4 Å². The molecule has 4 heterocycles. The number of rotatable bonds is 3. The number of imide groups is 1. The number of fused-ring (bicyclic) bond motifs is 1. The van der Waals surface area contributed by atoms with E-state index in [0.717, 1.165) is 33.5 Å². The summed E-state index contributed by atoms with van der Waals surface area (Å²) in [4.78, 5) is 42.5. The van der Waals surface area contributed by atoms with E-state index in [2.05, 4.69) is 21.5 Å². The molecule has 1 aromatic carbocycles. The van der Waals surface area contributed by atoms with E-state index in [1.165, 1.54) is 0 Å². The lowest BCUT2D eigenvalue weighted by Gasteiger charge is -2.29. The first-order chi connectivity index (χ1) is 14.9. The minimum atomic E-state index is -0.617. The minimum Gasteiger partial charge on any atom is -0.322 e. The number of nitrogens with zero attached hydrogens (tertiary/aromatic N) is 4. The van der Waals surface area contributed by atoms with Crippen LogP contribution in [0.2, 0.25) is 0 Å². The number of hydrogen-bond donors (Lipinski definition) is 1. The third-order valence-corrected chi connectivity index (χ3v) is 5.92. The largest absolute Gasteiger partial charge is 0.322 e. The van der Waals surface area contributed by atoms with Crippen molar-refractivity contribution in [2.45, 2.75) is 32.4 Å². The molecule has 3 aromatic rings. The lowest BCUT2D eigenvalue weighted by molar-refractivity contribution is -0.136. The quantitative estimate of drug-likeness (QED) is 0.662. The minimum absolute atomic E-state index is 0.176. The fourth-order valence-electron chi connectivity index (χ4n) is 4.42. The normalized spacial score (nSPS) is 18.3. The topological polar surface area (TPSA) is 97.2 Å². The molecule has 0 spiro atoms. The SMILES string of the molecule is Cc1cncc(-c2c(-c3ccc4c(c3)CN(C3CCC(=O)NC3=O)C4=O)cnn2C)c1. The van der Waals surface area contributed by atoms with E-state index < -0.39 is 11.9 Å². The van der Waals surface area contributed by atoms with E-state index in [9.17, 15) is 14.4 Å². The molecule has 1 unspecified atom stereocenters. The Hall–Kier alpha value is -3.81. The van der Waals surface area contributed by atoms with Crippen LogP contribution in [0.15, 0.2) is 42.9 Å². The van der Waals surface area contributed by atoms with Crippen molar-refractivity contribution in [3.63, 3.8) is 0 Å². The average Bonchev–Trinajstić information content (AvgIpc) is 3.28. The fourth-order valence-corrected chi connectivity index (χ4v) is 4.42. The number of benzene rings is 1. The van der Waals surface area contributed by atoms with Crippen LogP contribution in [0.1, 0.15) is 34.3 Å². The zero-order valence-electron chi connectivity index (χ0n) is 17.3. The zero-order chi connectivity index (χ0) is 21.7. The van der Waals surface area contributed by atoms with E-state index in [4.69, 9.17) is 0 Å². The van der Waals surface area contributed by atoms with Gasteiger partial charge in [0.2, 0.25) is 11.8 Å². The van der Waals surface area contributed by atoms with Gasteiger partial charge >= 0.3 is 0 Å². The van der Waals surface area contributed by atoms with Crippen molar-refractivity contribution in [1.29, 1.82) is 0 Å². The predicted octanol–water partition coefficient (Wildman–Crippen LogP) is 2.22. The highest BCUT2D eigenvalue weighted by Gasteiger charge is 2.39. The summed E-state index contributed by atoms with van der Waals surface area (Å²) in [5.41, 5.74) is 6.33. The van der Waals surface area contributed by atoms with Crippen LogP contribution < -0.4 is 5.32 Å². The van der Waals surface area contributed by atoms with E-state index >= 15 is 0 Å². The molecule has 0 aliphatic carbocycles. The second-order valence-corrected chi connectivity index (χ2v) is 8.05. The summed E-state index contributed by atoms with van der Waals surface area (Å²) in [6, 6.07) is 7.16. The molecule has 2 aliphatic heterocycles. The summed E-state index contributed by atoms with van der Waals surface area (Å²) in [5, 5.41) is 6.77. The number of nitrogens with one attached hydrogen (secondary N) is 1. The first-order valence-electron chi connectivity index (χ1n) is 10.1. The van der Waals surface area contributed by atoms with Crippen molar-refractivity contribution >= 4 is 17.7 Å². The summed E-state index contributed by atoms with van der Waals surface area (Å²) in [7, 11) is 1.89. The first kappa shape index (κ1) is 19.2. The Kier molecular flexibility index (Phi) is 4.43. The van der Waals surface area contributed by atoms with Gasteiger partial charge in [-0.2, -0.15) is 5.10 Å². The molecular weight excluding hydrogens is 394 g/mol. The molecule has 8 nitrogen and oxygen atoms in total. The number of piperidine rings is 1. The van der Waals surface area contributed by atoms with E-state index in [1.54, 1.807) is 4.90 Å². The number of aromatic nitrogens is 3. The number of carbonyl (C=O) groups excluding carboxylic acids is 3. The molecule has 2 aromatic heterocycles. The first-order valence-corrected chi connectivity index (χ1v) is 10.1. The molecule has 1 N–H and O–H groups in total. The Morgan fingerprint density at radius 1 is 1.03 bits per heavy atom. The molecule has 2 aliphatic rings. The van der Waals surface area contributed by atoms with Crippen LogP contribution in [0.5, 0.6) is 0 Å². The van der Waals surface area contributed by atoms with Gasteiger partial charge in [-0.25, -0.2) is 0 Å². The van der Waals surface area contributed by atoms with Gasteiger partial charge in [0.05, 0.1) is 11.9 Å². The van der Waals surface area contributed by atoms with Crippen LogP contribution >= 0.6 is 0 Å². The summed E-state index contributed by atoms with van der Waals surface area (Å²) in [6.07, 6.45) is 6.03. The molecule has 1 atom stereocenters. The van der Waals surface area contributed by atoms with Crippen LogP contribution in [0, 0.1) is 6.92 Å². The molecule has 0 radical (unpaired) electrons. The Morgan fingerprint density at radius 2 is 1.87 bits per heavy atom. The van der Waals surface area contributed by atoms with Crippen molar-refractivity contribution in [2.75, 3.05) is 0 Å². The maximum atomic E-state index is 12.9. The van der Waals surface area contributed by atoms with Gasteiger partial charge in [0, 0.05) is 49.1 Å². The van der Waals surface area contributed by atoms with E-state index in [1.807, 2.05) is 55.4 Å². The van der Waals surface area contributed by atoms with E-state index in [0.29, 0.717) is 18.5 Å². The van der Waals surface area contributed by atoms with Crippen LogP contribution in [-0.2, 0) is 23.2 Å². The molecular formula is C23H21N5O3. The molecule has 3 amide bonds. The van der Waals surface area contributed by atoms with Crippen LogP contribution in [0.4, 0.5) is 0 Å². The molecule has 5 rings (SSSR count). The Labute approximate surface area is 178 Å². The third-order valence-electron chi connectivity index (χ3n) is 5.92.